The van der Waals surface area contributed by atoms with Crippen LogP contribution in [0.15, 0.2) is 67.8 Å². The van der Waals surface area contributed by atoms with Gasteiger partial charge in [-0.05, 0) is 35.4 Å². The van der Waals surface area contributed by atoms with Gasteiger partial charge in [-0.25, -0.2) is 0 Å². The number of rotatable bonds is 7. The summed E-state index contributed by atoms with van der Waals surface area (Å²) in [6.07, 6.45) is -1.40. The van der Waals surface area contributed by atoms with Gasteiger partial charge < -0.3 is 14.2 Å². The van der Waals surface area contributed by atoms with Crippen molar-refractivity contribution < 1.29 is 32.2 Å². The maximum absolute atomic E-state index is 13.2. The van der Waals surface area contributed by atoms with Crippen molar-refractivity contribution in [3.8, 4) is 22.6 Å². The molecule has 0 aromatic heterocycles. The molecule has 0 N–H and O–H groups in total. The van der Waals surface area contributed by atoms with E-state index in [1.807, 2.05) is 0 Å². The molecule has 0 fully saturated rings. The summed E-state index contributed by atoms with van der Waals surface area (Å²) in [6.45, 7) is 3.51. The van der Waals surface area contributed by atoms with Crippen molar-refractivity contribution >= 4 is 6.47 Å². The second kappa shape index (κ2) is 8.05. The Labute approximate surface area is 141 Å². The highest BCUT2D eigenvalue weighted by Crippen LogP contribution is 2.39. The van der Waals surface area contributed by atoms with Gasteiger partial charge in [-0.3, -0.25) is 4.79 Å². The number of carbonyl (C=O) groups excluding carboxylic acids is 1. The minimum absolute atomic E-state index is 0.237. The van der Waals surface area contributed by atoms with Crippen LogP contribution in [0.25, 0.3) is 11.1 Å². The molecular formula is C18H13F3O4. The number of benzene rings is 2. The molecule has 2 rings (SSSR count). The SMILES string of the molecule is C=COc1ccc(-c2ccc(O/C=C\OC=O)cc2)cc1C(F)(F)F. The van der Waals surface area contributed by atoms with Crippen LogP contribution in [-0.2, 0) is 15.7 Å². The highest BCUT2D eigenvalue weighted by Gasteiger charge is 2.34. The zero-order chi connectivity index (χ0) is 18.3. The van der Waals surface area contributed by atoms with Gasteiger partial charge in [-0.15, -0.1) is 0 Å². The van der Waals surface area contributed by atoms with Gasteiger partial charge in [0, 0.05) is 0 Å². The summed E-state index contributed by atoms with van der Waals surface area (Å²) in [7, 11) is 0. The summed E-state index contributed by atoms with van der Waals surface area (Å²) in [5.41, 5.74) is 0.0467. The topological polar surface area (TPSA) is 44.8 Å². The fourth-order valence-corrected chi connectivity index (χ4v) is 2.02. The first-order valence-corrected chi connectivity index (χ1v) is 6.95. The van der Waals surface area contributed by atoms with Crippen LogP contribution >= 0.6 is 0 Å². The van der Waals surface area contributed by atoms with Gasteiger partial charge in [-0.2, -0.15) is 13.2 Å². The number of halogens is 3. The van der Waals surface area contributed by atoms with Crippen LogP contribution in [0.3, 0.4) is 0 Å². The van der Waals surface area contributed by atoms with Crippen molar-refractivity contribution in [2.24, 2.45) is 0 Å². The summed E-state index contributed by atoms with van der Waals surface area (Å²) < 4.78 is 53.7. The fraction of sp³-hybridized carbons (Fsp3) is 0.0556. The second-order valence-corrected chi connectivity index (χ2v) is 4.64. The summed E-state index contributed by atoms with van der Waals surface area (Å²) in [5, 5.41) is 0. The van der Waals surface area contributed by atoms with E-state index in [2.05, 4.69) is 11.3 Å². The molecule has 0 heterocycles. The van der Waals surface area contributed by atoms with E-state index in [0.29, 0.717) is 16.9 Å². The molecule has 0 aliphatic carbocycles. The first-order chi connectivity index (χ1) is 12.0. The second-order valence-electron chi connectivity index (χ2n) is 4.64. The maximum atomic E-state index is 13.2. The van der Waals surface area contributed by atoms with Gasteiger partial charge in [-0.1, -0.05) is 24.8 Å². The van der Waals surface area contributed by atoms with Crippen LogP contribution in [0, 0.1) is 0 Å². The van der Waals surface area contributed by atoms with Crippen molar-refractivity contribution in [3.05, 3.63) is 73.4 Å². The molecule has 0 atom stereocenters. The smallest absolute Gasteiger partial charge is 0.420 e. The van der Waals surface area contributed by atoms with Gasteiger partial charge in [0.05, 0.1) is 11.8 Å². The predicted molar refractivity (Wildman–Crippen MR) is 84.6 cm³/mol. The Morgan fingerprint density at radius 1 is 0.920 bits per heavy atom. The lowest BCUT2D eigenvalue weighted by Crippen LogP contribution is -2.07. The molecule has 25 heavy (non-hydrogen) atoms. The molecule has 4 nitrogen and oxygen atoms in total. The number of hydrogen-bond donors (Lipinski definition) is 0. The van der Waals surface area contributed by atoms with Crippen molar-refractivity contribution in [1.82, 2.24) is 0 Å². The Kier molecular flexibility index (Phi) is 5.84. The highest BCUT2D eigenvalue weighted by atomic mass is 19.4. The third kappa shape index (κ3) is 4.87. The average Bonchev–Trinajstić information content (AvgIpc) is 2.59. The molecule has 0 aliphatic rings. The zero-order valence-electron chi connectivity index (χ0n) is 12.8. The molecule has 7 heteroatoms. The van der Waals surface area contributed by atoms with Gasteiger partial charge in [0.1, 0.15) is 24.0 Å². The number of ether oxygens (including phenoxy) is 3. The lowest BCUT2D eigenvalue weighted by Gasteiger charge is -2.13. The molecule has 0 amide bonds. The van der Waals surface area contributed by atoms with Crippen LogP contribution in [0.1, 0.15) is 5.56 Å². The van der Waals surface area contributed by atoms with Gasteiger partial charge >= 0.3 is 6.18 Å². The molecule has 0 bridgehead atoms. The molecule has 0 unspecified atom stereocenters. The van der Waals surface area contributed by atoms with E-state index in [1.54, 1.807) is 24.3 Å². The maximum Gasteiger partial charge on any atom is 0.420 e. The van der Waals surface area contributed by atoms with Crippen LogP contribution in [0.4, 0.5) is 13.2 Å². The van der Waals surface area contributed by atoms with Crippen molar-refractivity contribution in [2.75, 3.05) is 0 Å². The summed E-state index contributed by atoms with van der Waals surface area (Å²) >= 11 is 0. The van der Waals surface area contributed by atoms with E-state index in [0.717, 1.165) is 24.9 Å². The highest BCUT2D eigenvalue weighted by molar-refractivity contribution is 5.66. The normalized spacial score (nSPS) is 11.2. The van der Waals surface area contributed by atoms with E-state index in [4.69, 9.17) is 9.47 Å². The first-order valence-electron chi connectivity index (χ1n) is 6.95. The Balaban J connectivity index is 2.26. The third-order valence-electron chi connectivity index (χ3n) is 3.08. The van der Waals surface area contributed by atoms with Crippen LogP contribution in [0.5, 0.6) is 11.5 Å². The Hall–Kier alpha value is -3.22. The summed E-state index contributed by atoms with van der Waals surface area (Å²) in [6, 6.07) is 10.1. The van der Waals surface area contributed by atoms with Crippen LogP contribution < -0.4 is 9.47 Å². The first kappa shape index (κ1) is 18.1. The lowest BCUT2D eigenvalue weighted by molar-refractivity contribution is -0.138. The van der Waals surface area contributed by atoms with Crippen molar-refractivity contribution in [2.45, 2.75) is 6.18 Å². The summed E-state index contributed by atoms with van der Waals surface area (Å²) in [4.78, 5) is 9.96. The van der Waals surface area contributed by atoms with Crippen molar-refractivity contribution in [1.29, 1.82) is 0 Å². The van der Waals surface area contributed by atoms with E-state index in [-0.39, 0.29) is 12.2 Å². The Bertz CT molecular complexity index is 765. The molecular weight excluding hydrogens is 337 g/mol. The van der Waals surface area contributed by atoms with E-state index < -0.39 is 11.7 Å². The zero-order valence-corrected chi connectivity index (χ0v) is 12.8. The van der Waals surface area contributed by atoms with Gasteiger partial charge in [0.2, 0.25) is 0 Å². The molecule has 0 spiro atoms. The monoisotopic (exact) mass is 350 g/mol. The van der Waals surface area contributed by atoms with Gasteiger partial charge in [0.25, 0.3) is 6.47 Å². The van der Waals surface area contributed by atoms with Crippen LogP contribution in [0.2, 0.25) is 0 Å². The standard InChI is InChI=1S/C18H13F3O4/c1-2-24-17-8-5-14(11-16(17)18(19,20)21)13-3-6-15(7-4-13)25-10-9-23-12-22/h2-12H,1H2/b10-9-. The summed E-state index contributed by atoms with van der Waals surface area (Å²) in [5.74, 6) is 0.115. The largest absolute Gasteiger partial charge is 0.465 e. The minimum atomic E-state index is -4.55. The average molecular weight is 350 g/mol. The molecule has 0 aliphatic heterocycles. The Morgan fingerprint density at radius 3 is 2.20 bits per heavy atom. The molecule has 0 saturated carbocycles. The lowest BCUT2D eigenvalue weighted by atomic mass is 10.0. The van der Waals surface area contributed by atoms with E-state index in [9.17, 15) is 18.0 Å². The van der Waals surface area contributed by atoms with E-state index >= 15 is 0 Å². The molecule has 130 valence electrons. The van der Waals surface area contributed by atoms with E-state index in [1.165, 1.54) is 12.1 Å². The third-order valence-corrected chi connectivity index (χ3v) is 3.08. The number of carbonyl (C=O) groups is 1. The quantitative estimate of drug-likeness (QED) is 0.525. The minimum Gasteiger partial charge on any atom is -0.465 e. The van der Waals surface area contributed by atoms with Crippen molar-refractivity contribution in [3.63, 3.8) is 0 Å². The fourth-order valence-electron chi connectivity index (χ4n) is 2.02. The molecule has 0 saturated heterocycles. The molecule has 0 radical (unpaired) electrons. The van der Waals surface area contributed by atoms with Crippen LogP contribution in [-0.4, -0.2) is 6.47 Å². The number of alkyl halides is 3. The van der Waals surface area contributed by atoms with Gasteiger partial charge in [0.15, 0.2) is 0 Å². The number of hydrogen-bond acceptors (Lipinski definition) is 4. The Morgan fingerprint density at radius 2 is 1.60 bits per heavy atom. The molecule has 2 aromatic carbocycles. The molecule has 2 aromatic rings. The predicted octanol–water partition coefficient (Wildman–Crippen LogP) is 4.92.